The van der Waals surface area contributed by atoms with Crippen LogP contribution in [0.2, 0.25) is 0 Å². The van der Waals surface area contributed by atoms with Crippen molar-refractivity contribution < 1.29 is 14.1 Å². The molecular formula is C21H25N5O3. The van der Waals surface area contributed by atoms with Crippen molar-refractivity contribution in [1.29, 1.82) is 0 Å². The fourth-order valence-corrected chi connectivity index (χ4v) is 3.70. The van der Waals surface area contributed by atoms with E-state index in [0.717, 1.165) is 31.6 Å². The maximum absolute atomic E-state index is 12.2. The van der Waals surface area contributed by atoms with Gasteiger partial charge in [0.25, 0.3) is 5.71 Å². The fraction of sp³-hybridized carbons (Fsp3) is 0.429. The van der Waals surface area contributed by atoms with Crippen molar-refractivity contribution in [3.8, 4) is 0 Å². The molecule has 0 atom stereocenters. The Morgan fingerprint density at radius 1 is 1.10 bits per heavy atom. The number of esters is 1. The van der Waals surface area contributed by atoms with Crippen LogP contribution >= 0.6 is 0 Å². The minimum absolute atomic E-state index is 0.00228. The van der Waals surface area contributed by atoms with Crippen LogP contribution in [0.4, 0.5) is 11.5 Å². The number of benzene rings is 1. The lowest BCUT2D eigenvalue weighted by Gasteiger charge is -2.37. The minimum atomic E-state index is -0.557. The van der Waals surface area contributed by atoms with Crippen LogP contribution in [0.15, 0.2) is 22.7 Å². The number of hydrogen-bond acceptors (Lipinski definition) is 8. The van der Waals surface area contributed by atoms with E-state index in [-0.39, 0.29) is 12.4 Å². The summed E-state index contributed by atoms with van der Waals surface area (Å²) in [6.45, 7) is 11.4. The molecule has 0 radical (unpaired) electrons. The summed E-state index contributed by atoms with van der Waals surface area (Å²) in [6.07, 6.45) is 0. The summed E-state index contributed by atoms with van der Waals surface area (Å²) in [6, 6.07) is 6.53. The van der Waals surface area contributed by atoms with Gasteiger partial charge in [-0.25, -0.2) is 9.78 Å². The quantitative estimate of drug-likeness (QED) is 0.623. The molecule has 2 aromatic heterocycles. The second-order valence-corrected chi connectivity index (χ2v) is 7.30. The third-order valence-corrected chi connectivity index (χ3v) is 5.23. The first kappa shape index (κ1) is 19.2. The molecule has 29 heavy (non-hydrogen) atoms. The van der Waals surface area contributed by atoms with Gasteiger partial charge in [-0.15, -0.1) is 0 Å². The molecule has 1 aliphatic rings. The normalized spacial score (nSPS) is 14.5. The number of ether oxygens (including phenoxy) is 1. The predicted molar refractivity (Wildman–Crippen MR) is 111 cm³/mol. The van der Waals surface area contributed by atoms with E-state index in [1.807, 2.05) is 6.92 Å². The van der Waals surface area contributed by atoms with Gasteiger partial charge < -0.3 is 19.1 Å². The minimum Gasteiger partial charge on any atom is -0.460 e. The summed E-state index contributed by atoms with van der Waals surface area (Å²) in [7, 11) is 0. The summed E-state index contributed by atoms with van der Waals surface area (Å²) in [4.78, 5) is 25.5. The molecule has 4 rings (SSSR count). The lowest BCUT2D eigenvalue weighted by molar-refractivity contribution is 0.0512. The zero-order valence-corrected chi connectivity index (χ0v) is 17.2. The average Bonchev–Trinajstić information content (AvgIpc) is 3.10. The summed E-state index contributed by atoms with van der Waals surface area (Å²) >= 11 is 0. The Morgan fingerprint density at radius 2 is 1.83 bits per heavy atom. The molecule has 1 aromatic carbocycles. The molecule has 0 unspecified atom stereocenters. The van der Waals surface area contributed by atoms with E-state index >= 15 is 0 Å². The van der Waals surface area contributed by atoms with Crippen molar-refractivity contribution in [2.45, 2.75) is 27.7 Å². The molecule has 0 bridgehead atoms. The van der Waals surface area contributed by atoms with Crippen LogP contribution < -0.4 is 9.80 Å². The van der Waals surface area contributed by atoms with Gasteiger partial charge in [0.15, 0.2) is 0 Å². The lowest BCUT2D eigenvalue weighted by Crippen LogP contribution is -2.47. The van der Waals surface area contributed by atoms with Crippen molar-refractivity contribution in [2.24, 2.45) is 0 Å². The largest absolute Gasteiger partial charge is 0.460 e. The lowest BCUT2D eigenvalue weighted by atomic mass is 10.1. The highest BCUT2D eigenvalue weighted by atomic mass is 16.5. The van der Waals surface area contributed by atoms with E-state index in [9.17, 15) is 4.79 Å². The van der Waals surface area contributed by atoms with Gasteiger partial charge in [-0.1, -0.05) is 17.3 Å². The van der Waals surface area contributed by atoms with Crippen molar-refractivity contribution in [2.75, 3.05) is 42.6 Å². The molecule has 0 spiro atoms. The number of aryl methyl sites for hydroxylation is 3. The molecule has 1 saturated heterocycles. The monoisotopic (exact) mass is 395 g/mol. The highest BCUT2D eigenvalue weighted by Gasteiger charge is 2.26. The number of hydrogen-bond donors (Lipinski definition) is 0. The molecule has 3 heterocycles. The van der Waals surface area contributed by atoms with E-state index in [0.29, 0.717) is 17.2 Å². The topological polar surface area (TPSA) is 84.6 Å². The van der Waals surface area contributed by atoms with Gasteiger partial charge in [-0.3, -0.25) is 0 Å². The molecular weight excluding hydrogens is 370 g/mol. The number of rotatable bonds is 4. The molecule has 3 aromatic rings. The second-order valence-electron chi connectivity index (χ2n) is 7.30. The maximum Gasteiger partial charge on any atom is 0.376 e. The summed E-state index contributed by atoms with van der Waals surface area (Å²) in [5.41, 5.74) is 4.82. The third-order valence-electron chi connectivity index (χ3n) is 5.23. The zero-order valence-electron chi connectivity index (χ0n) is 17.2. The van der Waals surface area contributed by atoms with Crippen LogP contribution in [0, 0.1) is 20.8 Å². The molecule has 8 heteroatoms. The van der Waals surface area contributed by atoms with E-state index in [4.69, 9.17) is 9.26 Å². The Hall–Kier alpha value is -3.16. The van der Waals surface area contributed by atoms with Gasteiger partial charge >= 0.3 is 5.97 Å². The van der Waals surface area contributed by atoms with Crippen LogP contribution in [-0.2, 0) is 4.74 Å². The Balaban J connectivity index is 1.63. The molecule has 152 valence electrons. The van der Waals surface area contributed by atoms with E-state index in [1.54, 1.807) is 6.92 Å². The van der Waals surface area contributed by atoms with E-state index < -0.39 is 5.97 Å². The van der Waals surface area contributed by atoms with E-state index in [1.165, 1.54) is 16.8 Å². The van der Waals surface area contributed by atoms with Crippen molar-refractivity contribution >= 4 is 28.6 Å². The number of carbonyl (C=O) groups excluding carboxylic acids is 1. The zero-order chi connectivity index (χ0) is 20.5. The molecule has 0 N–H and O–H groups in total. The third kappa shape index (κ3) is 3.62. The SMILES string of the molecule is CCOC(=O)c1nc(N2CCN(c3cc(C)ccc3C)CC2)c2c(C)noc2n1. The van der Waals surface area contributed by atoms with Crippen LogP contribution in [0.25, 0.3) is 11.1 Å². The van der Waals surface area contributed by atoms with Gasteiger partial charge in [0.05, 0.1) is 12.3 Å². The molecule has 8 nitrogen and oxygen atoms in total. The number of carbonyl (C=O) groups is 1. The number of anilines is 2. The second kappa shape index (κ2) is 7.69. The number of aromatic nitrogens is 3. The molecule has 0 amide bonds. The first-order chi connectivity index (χ1) is 14.0. The van der Waals surface area contributed by atoms with Crippen molar-refractivity contribution in [1.82, 2.24) is 15.1 Å². The van der Waals surface area contributed by atoms with Gasteiger partial charge in [0, 0.05) is 31.9 Å². The van der Waals surface area contributed by atoms with Gasteiger partial charge in [-0.2, -0.15) is 4.98 Å². The summed E-state index contributed by atoms with van der Waals surface area (Å²) in [5, 5.41) is 4.76. The Kier molecular flexibility index (Phi) is 5.08. The summed E-state index contributed by atoms with van der Waals surface area (Å²) < 4.78 is 10.4. The van der Waals surface area contributed by atoms with E-state index in [2.05, 4.69) is 57.0 Å². The van der Waals surface area contributed by atoms with Crippen molar-refractivity contribution in [3.05, 3.63) is 40.8 Å². The molecule has 0 saturated carbocycles. The van der Waals surface area contributed by atoms with Crippen molar-refractivity contribution in [3.63, 3.8) is 0 Å². The van der Waals surface area contributed by atoms with Crippen LogP contribution in [0.3, 0.4) is 0 Å². The predicted octanol–water partition coefficient (Wildman–Crippen LogP) is 3.05. The number of fused-ring (bicyclic) bond motifs is 1. The number of piperazine rings is 1. The Bertz CT molecular complexity index is 1050. The smallest absolute Gasteiger partial charge is 0.376 e. The van der Waals surface area contributed by atoms with Crippen LogP contribution in [0.1, 0.15) is 34.4 Å². The molecule has 1 fully saturated rings. The Morgan fingerprint density at radius 3 is 2.55 bits per heavy atom. The standard InChI is InChI=1S/C21H25N5O3/c1-5-28-21(27)18-22-19(17-15(4)24-29-20(17)23-18)26-10-8-25(9-11-26)16-12-13(2)6-7-14(16)3/h6-7,12H,5,8-11H2,1-4H3. The maximum atomic E-state index is 12.2. The van der Waals surface area contributed by atoms with Gasteiger partial charge in [0.1, 0.15) is 11.2 Å². The first-order valence-electron chi connectivity index (χ1n) is 9.86. The first-order valence-corrected chi connectivity index (χ1v) is 9.86. The fourth-order valence-electron chi connectivity index (χ4n) is 3.70. The van der Waals surface area contributed by atoms with Gasteiger partial charge in [0.2, 0.25) is 5.82 Å². The Labute approximate surface area is 169 Å². The molecule has 1 aliphatic heterocycles. The van der Waals surface area contributed by atoms with Gasteiger partial charge in [-0.05, 0) is 44.9 Å². The summed E-state index contributed by atoms with van der Waals surface area (Å²) in [5.74, 6) is 0.124. The number of nitrogens with zero attached hydrogens (tertiary/aromatic N) is 5. The highest BCUT2D eigenvalue weighted by Crippen LogP contribution is 2.29. The average molecular weight is 395 g/mol. The van der Waals surface area contributed by atoms with Crippen LogP contribution in [-0.4, -0.2) is 53.9 Å². The van der Waals surface area contributed by atoms with Crippen LogP contribution in [0.5, 0.6) is 0 Å². The highest BCUT2D eigenvalue weighted by molar-refractivity contribution is 5.93. The molecule has 0 aliphatic carbocycles.